The van der Waals surface area contributed by atoms with Gasteiger partial charge < -0.3 is 15.0 Å². The molecule has 1 fully saturated rings. The van der Waals surface area contributed by atoms with Crippen molar-refractivity contribution in [1.82, 2.24) is 9.78 Å². The van der Waals surface area contributed by atoms with E-state index >= 15 is 0 Å². The van der Waals surface area contributed by atoms with Gasteiger partial charge in [0, 0.05) is 5.57 Å². The Balaban J connectivity index is 0.000000264. The number of Topliss-reactive ketones (excluding diaryl/α,β-unsaturated/α-hetero) is 1. The Kier molecular flexibility index (Phi) is 11.5. The number of anilines is 1. The molecule has 4 atom stereocenters. The molecule has 1 aromatic carbocycles. The highest BCUT2D eigenvalue weighted by Gasteiger charge is 2.61. The first kappa shape index (κ1) is 39.0. The lowest BCUT2D eigenvalue weighted by Crippen LogP contribution is -2.24. The summed E-state index contributed by atoms with van der Waals surface area (Å²) >= 11 is 7.77. The molecule has 0 amide bonds. The first-order chi connectivity index (χ1) is 22.0. The van der Waals surface area contributed by atoms with Crippen LogP contribution < -0.4 is 5.73 Å². The summed E-state index contributed by atoms with van der Waals surface area (Å²) in [5, 5.41) is 11.1. The van der Waals surface area contributed by atoms with E-state index in [9.17, 15) is 40.5 Å². The predicted octanol–water partition coefficient (Wildman–Crippen LogP) is 8.28. The van der Waals surface area contributed by atoms with E-state index in [-0.39, 0.29) is 35.4 Å². The lowest BCUT2D eigenvalue weighted by Gasteiger charge is -2.14. The summed E-state index contributed by atoms with van der Waals surface area (Å²) < 4.78 is 94.0. The highest BCUT2D eigenvalue weighted by atomic mass is 35.5. The molecule has 2 N–H and O–H groups in total. The molecule has 260 valence electrons. The van der Waals surface area contributed by atoms with Crippen molar-refractivity contribution in [3.8, 4) is 11.8 Å². The van der Waals surface area contributed by atoms with Crippen LogP contribution in [0.5, 0.6) is 0 Å². The Labute approximate surface area is 285 Å². The summed E-state index contributed by atoms with van der Waals surface area (Å²) in [4.78, 5) is 23.3. The SMILES string of the molecule is C=CCC1=C(C)C(OC(=O)C2C(C=C(C)C)C2(C)C)CC1=O.N#Cc1nn(-c2c(Cl)cc(C(F)(F)F)cc2Cl)c(N)c1[S+]([O-])C(F)(F)F. The van der Waals surface area contributed by atoms with E-state index in [2.05, 4.69) is 31.6 Å². The Bertz CT molecular complexity index is 1720. The zero-order valence-corrected chi connectivity index (χ0v) is 28.5. The zero-order chi connectivity index (χ0) is 36.7. The molecular weight excluding hydrogens is 709 g/mol. The zero-order valence-electron chi connectivity index (χ0n) is 26.1. The fourth-order valence-electron chi connectivity index (χ4n) is 5.31. The van der Waals surface area contributed by atoms with Gasteiger partial charge in [0.25, 0.3) is 0 Å². The van der Waals surface area contributed by atoms with Crippen molar-refractivity contribution in [3.05, 3.63) is 68.9 Å². The summed E-state index contributed by atoms with van der Waals surface area (Å²) in [5.74, 6) is -0.871. The van der Waals surface area contributed by atoms with Gasteiger partial charge in [0.1, 0.15) is 29.0 Å². The maximum Gasteiger partial charge on any atom is 0.578 e. The monoisotopic (exact) mass is 738 g/mol. The highest BCUT2D eigenvalue weighted by Crippen LogP contribution is 2.60. The van der Waals surface area contributed by atoms with Gasteiger partial charge >= 0.3 is 17.7 Å². The number of nitrogens with two attached hydrogens (primary N) is 1. The number of nitrogens with zero attached hydrogens (tertiary/aromatic N) is 3. The molecule has 2 aliphatic rings. The van der Waals surface area contributed by atoms with Crippen LogP contribution in [0.1, 0.15) is 58.7 Å². The number of hydrogen-bond acceptors (Lipinski definition) is 7. The smallest absolute Gasteiger partial charge is 0.578 e. The third-order valence-electron chi connectivity index (χ3n) is 7.88. The number of ketones is 1. The van der Waals surface area contributed by atoms with Gasteiger partial charge in [-0.3, -0.25) is 9.59 Å². The molecule has 17 heteroatoms. The standard InChI is InChI=1S/C19H26O3.C12H4Cl2F6N4OS/c1-7-8-13-12(4)16(10-15(13)20)22-18(21)17-14(9-11(2)3)19(17,5)6;13-5-1-4(11(15,16)17)2-6(14)8(5)24-10(22)9(7(3-21)23-24)26(25)12(18,19)20/h7,9,14,16-17H,1,8,10H2,2-6H3;1-2H,22H2. The molecule has 0 radical (unpaired) electrons. The van der Waals surface area contributed by atoms with E-state index in [1.807, 2.05) is 20.8 Å². The molecule has 0 spiro atoms. The minimum absolute atomic E-state index is 0.0570. The summed E-state index contributed by atoms with van der Waals surface area (Å²) in [6.45, 7) is 13.8. The van der Waals surface area contributed by atoms with Crippen molar-refractivity contribution >= 4 is 51.9 Å². The number of esters is 1. The minimum atomic E-state index is -5.25. The molecule has 1 heterocycles. The molecular formula is C31H30Cl2F6N4O4S. The number of ether oxygens (including phenoxy) is 1. The van der Waals surface area contributed by atoms with E-state index in [4.69, 9.17) is 38.9 Å². The molecule has 2 aromatic rings. The second kappa shape index (κ2) is 14.2. The number of aromatic nitrogens is 2. The van der Waals surface area contributed by atoms with Crippen molar-refractivity contribution in [1.29, 1.82) is 5.26 Å². The normalized spacial score (nSPS) is 20.8. The van der Waals surface area contributed by atoms with Gasteiger partial charge in [0.05, 0.1) is 27.9 Å². The van der Waals surface area contributed by atoms with Crippen LogP contribution in [0.25, 0.3) is 5.69 Å². The number of halogens is 8. The topological polar surface area (TPSA) is 134 Å². The van der Waals surface area contributed by atoms with Crippen LogP contribution in [0.2, 0.25) is 10.0 Å². The molecule has 4 rings (SSSR count). The highest BCUT2D eigenvalue weighted by molar-refractivity contribution is 7.92. The predicted molar refractivity (Wildman–Crippen MR) is 167 cm³/mol. The number of carbonyl (C=O) groups is 2. The van der Waals surface area contributed by atoms with E-state index in [1.165, 1.54) is 11.6 Å². The Hall–Kier alpha value is -3.45. The van der Waals surface area contributed by atoms with E-state index < -0.39 is 66.7 Å². The Morgan fingerprint density at radius 3 is 2.27 bits per heavy atom. The van der Waals surface area contributed by atoms with Gasteiger partial charge in [0.15, 0.2) is 11.6 Å². The fourth-order valence-corrected chi connectivity index (χ4v) is 6.73. The quantitative estimate of drug-likeness (QED) is 0.131. The van der Waals surface area contributed by atoms with Crippen LogP contribution in [0.15, 0.2) is 52.5 Å². The van der Waals surface area contributed by atoms with Gasteiger partial charge in [-0.25, -0.2) is 4.68 Å². The average molecular weight is 740 g/mol. The second-order valence-electron chi connectivity index (χ2n) is 11.9. The van der Waals surface area contributed by atoms with Crippen LogP contribution >= 0.6 is 23.2 Å². The number of nitrogen functional groups attached to an aromatic ring is 1. The average Bonchev–Trinajstić information content (AvgIpc) is 3.18. The van der Waals surface area contributed by atoms with Gasteiger partial charge in [-0.05, 0) is 56.2 Å². The maximum absolute atomic E-state index is 12.7. The van der Waals surface area contributed by atoms with Gasteiger partial charge in [-0.1, -0.05) is 54.8 Å². The number of nitriles is 1. The summed E-state index contributed by atoms with van der Waals surface area (Å²) in [5.41, 5.74) is 0.377. The number of rotatable bonds is 7. The molecule has 8 nitrogen and oxygen atoms in total. The van der Waals surface area contributed by atoms with Gasteiger partial charge in [-0.2, -0.15) is 18.4 Å². The van der Waals surface area contributed by atoms with Crippen LogP contribution in [-0.2, 0) is 31.7 Å². The first-order valence-electron chi connectivity index (χ1n) is 14.0. The van der Waals surface area contributed by atoms with E-state index in [0.717, 1.165) is 11.1 Å². The molecule has 0 bridgehead atoms. The molecule has 0 aliphatic heterocycles. The van der Waals surface area contributed by atoms with Gasteiger partial charge in [0.2, 0.25) is 10.6 Å². The van der Waals surface area contributed by atoms with Crippen molar-refractivity contribution < 1.29 is 45.2 Å². The third kappa shape index (κ3) is 8.05. The number of alkyl halides is 6. The molecule has 1 aromatic heterocycles. The van der Waals surface area contributed by atoms with Crippen LogP contribution in [-0.4, -0.2) is 37.7 Å². The molecule has 1 saturated carbocycles. The minimum Gasteiger partial charge on any atom is -0.604 e. The van der Waals surface area contributed by atoms with Crippen LogP contribution in [0.3, 0.4) is 0 Å². The third-order valence-corrected chi connectivity index (χ3v) is 9.65. The molecule has 0 saturated heterocycles. The van der Waals surface area contributed by atoms with Crippen molar-refractivity contribution in [3.63, 3.8) is 0 Å². The number of benzene rings is 1. The van der Waals surface area contributed by atoms with E-state index in [1.54, 1.807) is 6.08 Å². The number of carbonyl (C=O) groups excluding carboxylic acids is 2. The molecule has 2 aliphatic carbocycles. The molecule has 4 unspecified atom stereocenters. The summed E-state index contributed by atoms with van der Waals surface area (Å²) in [7, 11) is 0. The fraction of sp³-hybridized carbons (Fsp3) is 0.419. The van der Waals surface area contributed by atoms with Crippen molar-refractivity contribution in [2.45, 2.75) is 70.1 Å². The first-order valence-corrected chi connectivity index (χ1v) is 15.9. The second-order valence-corrected chi connectivity index (χ2v) is 14.1. The number of hydrogen-bond donors (Lipinski definition) is 1. The van der Waals surface area contributed by atoms with Gasteiger partial charge in [-0.15, -0.1) is 24.8 Å². The van der Waals surface area contributed by atoms with Crippen molar-refractivity contribution in [2.75, 3.05) is 5.73 Å². The maximum atomic E-state index is 12.7. The lowest BCUT2D eigenvalue weighted by atomic mass is 10.1. The largest absolute Gasteiger partial charge is 0.604 e. The van der Waals surface area contributed by atoms with Crippen LogP contribution in [0.4, 0.5) is 32.2 Å². The van der Waals surface area contributed by atoms with Crippen LogP contribution in [0, 0.1) is 28.6 Å². The van der Waals surface area contributed by atoms with Crippen molar-refractivity contribution in [2.24, 2.45) is 17.3 Å². The Morgan fingerprint density at radius 1 is 1.25 bits per heavy atom. The summed E-state index contributed by atoms with van der Waals surface area (Å²) in [6.07, 6.45) is -0.483. The Morgan fingerprint density at radius 2 is 1.81 bits per heavy atom. The summed E-state index contributed by atoms with van der Waals surface area (Å²) in [6, 6.07) is 2.19. The molecule has 48 heavy (non-hydrogen) atoms. The number of allylic oxidation sites excluding steroid dienone is 4. The van der Waals surface area contributed by atoms with E-state index in [0.29, 0.717) is 23.2 Å². The lowest BCUT2D eigenvalue weighted by molar-refractivity contribution is -0.150.